The fourth-order valence-corrected chi connectivity index (χ4v) is 15.4. The standard InChI is InChI=1S/C88H172O17P2/c1-7-9-11-13-15-17-19-21-23-24-25-26-27-28-33-36-40-44-48-54-61-67-73-87(92)104-83(76-98-85(90)70-64-58-52-46-42-39-35-32-30-29-31-34-37-41-45-50-56-62-68-80(3)4)78-102-106(94,95)100-74-82(89)75-101-107(96,97)103-79-84(77-99-86(91)71-65-59-55-49-51-57-63-69-81(5)6)105-88(93)72-66-60-53-47-43-38-22-20-18-16-14-12-10-8-2/h80-84,89H,7-79H2,1-6H3,(H,94,95)(H,96,97)/t82-,83-,84-/m1/s1. The zero-order chi connectivity index (χ0) is 78.5. The van der Waals surface area contributed by atoms with E-state index in [4.69, 9.17) is 37.0 Å². The zero-order valence-electron chi connectivity index (χ0n) is 70.5. The molecule has 0 saturated heterocycles. The molecular weight excluding hydrogens is 1390 g/mol. The van der Waals surface area contributed by atoms with E-state index in [1.807, 2.05) is 0 Å². The van der Waals surface area contributed by atoms with E-state index in [0.717, 1.165) is 102 Å². The van der Waals surface area contributed by atoms with Crippen LogP contribution in [0.25, 0.3) is 0 Å². The maximum atomic E-state index is 13.2. The highest BCUT2D eigenvalue weighted by Gasteiger charge is 2.30. The van der Waals surface area contributed by atoms with E-state index in [0.29, 0.717) is 31.6 Å². The molecule has 0 aromatic rings. The number of aliphatic hydroxyl groups is 1. The third kappa shape index (κ3) is 81.9. The molecule has 0 aliphatic carbocycles. The normalized spacial score (nSPS) is 13.8. The van der Waals surface area contributed by atoms with E-state index in [1.165, 1.54) is 283 Å². The van der Waals surface area contributed by atoms with Gasteiger partial charge in [-0.2, -0.15) is 0 Å². The van der Waals surface area contributed by atoms with Gasteiger partial charge in [-0.05, 0) is 37.5 Å². The maximum absolute atomic E-state index is 13.2. The summed E-state index contributed by atoms with van der Waals surface area (Å²) in [7, 11) is -9.93. The number of phosphoric acid groups is 2. The summed E-state index contributed by atoms with van der Waals surface area (Å²) in [5, 5.41) is 10.7. The number of esters is 4. The summed E-state index contributed by atoms with van der Waals surface area (Å²) in [6.07, 6.45) is 72.5. The topological polar surface area (TPSA) is 237 Å². The Kier molecular flexibility index (Phi) is 77.9. The summed E-state index contributed by atoms with van der Waals surface area (Å²) in [4.78, 5) is 73.2. The summed E-state index contributed by atoms with van der Waals surface area (Å²) < 4.78 is 68.9. The molecule has 0 aliphatic rings. The van der Waals surface area contributed by atoms with Crippen LogP contribution >= 0.6 is 15.6 Å². The second-order valence-electron chi connectivity index (χ2n) is 32.6. The monoisotopic (exact) mass is 1560 g/mol. The molecule has 0 aromatic carbocycles. The average molecular weight is 1560 g/mol. The Morgan fingerprint density at radius 1 is 0.252 bits per heavy atom. The number of phosphoric ester groups is 2. The van der Waals surface area contributed by atoms with Crippen molar-refractivity contribution in [2.24, 2.45) is 11.8 Å². The molecule has 0 rings (SSSR count). The second-order valence-corrected chi connectivity index (χ2v) is 35.5. The Hall–Kier alpha value is -1.94. The summed E-state index contributed by atoms with van der Waals surface area (Å²) >= 11 is 0. The lowest BCUT2D eigenvalue weighted by atomic mass is 10.0. The summed E-state index contributed by atoms with van der Waals surface area (Å²) in [5.41, 5.74) is 0. The molecule has 636 valence electrons. The molecule has 0 radical (unpaired) electrons. The molecular formula is C88H172O17P2. The van der Waals surface area contributed by atoms with Gasteiger partial charge in [-0.3, -0.25) is 37.3 Å². The molecule has 0 aromatic heterocycles. The molecule has 0 amide bonds. The quantitative estimate of drug-likeness (QED) is 0.0222. The van der Waals surface area contributed by atoms with Crippen molar-refractivity contribution in [2.45, 2.75) is 490 Å². The highest BCUT2D eigenvalue weighted by Crippen LogP contribution is 2.45. The minimum absolute atomic E-state index is 0.107. The largest absolute Gasteiger partial charge is 0.472 e. The average Bonchev–Trinajstić information content (AvgIpc) is 0.906. The molecule has 0 bridgehead atoms. The van der Waals surface area contributed by atoms with Crippen LogP contribution in [0.4, 0.5) is 0 Å². The molecule has 0 saturated carbocycles. The first kappa shape index (κ1) is 105. The van der Waals surface area contributed by atoms with Gasteiger partial charge in [0, 0.05) is 25.7 Å². The minimum atomic E-state index is -4.97. The van der Waals surface area contributed by atoms with Crippen molar-refractivity contribution in [3.8, 4) is 0 Å². The Morgan fingerprint density at radius 3 is 0.636 bits per heavy atom. The third-order valence-corrected chi connectivity index (χ3v) is 22.6. The fourth-order valence-electron chi connectivity index (χ4n) is 13.8. The molecule has 17 nitrogen and oxygen atoms in total. The number of hydrogen-bond acceptors (Lipinski definition) is 15. The Bertz CT molecular complexity index is 2050. The lowest BCUT2D eigenvalue weighted by Gasteiger charge is -2.21. The Labute approximate surface area is 658 Å². The van der Waals surface area contributed by atoms with Crippen molar-refractivity contribution in [1.29, 1.82) is 0 Å². The molecule has 0 spiro atoms. The molecule has 0 heterocycles. The number of rotatable bonds is 87. The van der Waals surface area contributed by atoms with Crippen molar-refractivity contribution >= 4 is 39.5 Å². The van der Waals surface area contributed by atoms with E-state index in [-0.39, 0.29) is 25.7 Å². The maximum Gasteiger partial charge on any atom is 0.472 e. The first-order chi connectivity index (χ1) is 51.9. The van der Waals surface area contributed by atoms with Crippen LogP contribution in [-0.2, 0) is 65.4 Å². The van der Waals surface area contributed by atoms with Gasteiger partial charge in [-0.25, -0.2) is 9.13 Å². The predicted octanol–water partition coefficient (Wildman–Crippen LogP) is 27.0. The Balaban J connectivity index is 5.20. The summed E-state index contributed by atoms with van der Waals surface area (Å²) in [6.45, 7) is 9.66. The first-order valence-corrected chi connectivity index (χ1v) is 48.5. The first-order valence-electron chi connectivity index (χ1n) is 45.5. The number of aliphatic hydroxyl groups excluding tert-OH is 1. The van der Waals surface area contributed by atoms with Gasteiger partial charge in [0.2, 0.25) is 0 Å². The van der Waals surface area contributed by atoms with Crippen molar-refractivity contribution in [2.75, 3.05) is 39.6 Å². The van der Waals surface area contributed by atoms with Crippen LogP contribution in [0.15, 0.2) is 0 Å². The third-order valence-electron chi connectivity index (χ3n) is 20.7. The van der Waals surface area contributed by atoms with Crippen LogP contribution < -0.4 is 0 Å². The van der Waals surface area contributed by atoms with Gasteiger partial charge < -0.3 is 33.8 Å². The predicted molar refractivity (Wildman–Crippen MR) is 442 cm³/mol. The van der Waals surface area contributed by atoms with Crippen LogP contribution in [0.5, 0.6) is 0 Å². The number of carbonyl (C=O) groups is 4. The second kappa shape index (κ2) is 79.3. The van der Waals surface area contributed by atoms with Gasteiger partial charge in [-0.15, -0.1) is 0 Å². The van der Waals surface area contributed by atoms with Crippen molar-refractivity contribution in [3.63, 3.8) is 0 Å². The summed E-state index contributed by atoms with van der Waals surface area (Å²) in [6, 6.07) is 0. The van der Waals surface area contributed by atoms with E-state index in [2.05, 4.69) is 41.5 Å². The van der Waals surface area contributed by atoms with E-state index in [9.17, 15) is 43.2 Å². The van der Waals surface area contributed by atoms with Crippen LogP contribution in [0.2, 0.25) is 0 Å². The van der Waals surface area contributed by atoms with Crippen molar-refractivity contribution in [3.05, 3.63) is 0 Å². The smallest absolute Gasteiger partial charge is 0.462 e. The summed E-state index contributed by atoms with van der Waals surface area (Å²) in [5.74, 6) is -0.573. The molecule has 3 N–H and O–H groups in total. The SMILES string of the molecule is CCCCCCCCCCCCCCCCCCCCCCCCC(=O)O[C@H](COC(=O)CCCCCCCCCCCCCCCCCCCCC(C)C)COP(=O)(O)OC[C@@H](O)COP(=O)(O)OC[C@@H](COC(=O)CCCCCCCCCC(C)C)OC(=O)CCCCCCCCCCCCCCCC. The van der Waals surface area contributed by atoms with Crippen LogP contribution in [0.3, 0.4) is 0 Å². The van der Waals surface area contributed by atoms with Gasteiger partial charge in [0.25, 0.3) is 0 Å². The van der Waals surface area contributed by atoms with Gasteiger partial charge in [0.1, 0.15) is 19.3 Å². The highest BCUT2D eigenvalue weighted by atomic mass is 31.2. The van der Waals surface area contributed by atoms with Gasteiger partial charge in [-0.1, -0.05) is 420 Å². The molecule has 107 heavy (non-hydrogen) atoms. The number of ether oxygens (including phenoxy) is 4. The molecule has 0 aliphatic heterocycles. The van der Waals surface area contributed by atoms with E-state index < -0.39 is 97.5 Å². The highest BCUT2D eigenvalue weighted by molar-refractivity contribution is 7.47. The Morgan fingerprint density at radius 2 is 0.430 bits per heavy atom. The van der Waals surface area contributed by atoms with Crippen LogP contribution in [0.1, 0.15) is 472 Å². The number of unbranched alkanes of at least 4 members (excludes halogenated alkanes) is 57. The molecule has 2 unspecified atom stereocenters. The van der Waals surface area contributed by atoms with Crippen LogP contribution in [0, 0.1) is 11.8 Å². The fraction of sp³-hybridized carbons (Fsp3) is 0.955. The molecule has 5 atom stereocenters. The molecule has 0 fully saturated rings. The zero-order valence-corrected chi connectivity index (χ0v) is 72.2. The van der Waals surface area contributed by atoms with Crippen LogP contribution in [-0.4, -0.2) is 96.7 Å². The van der Waals surface area contributed by atoms with Gasteiger partial charge in [0.05, 0.1) is 26.4 Å². The number of hydrogen-bond donors (Lipinski definition) is 3. The lowest BCUT2D eigenvalue weighted by Crippen LogP contribution is -2.30. The van der Waals surface area contributed by atoms with E-state index in [1.54, 1.807) is 0 Å². The molecule has 19 heteroatoms. The lowest BCUT2D eigenvalue weighted by molar-refractivity contribution is -0.161. The van der Waals surface area contributed by atoms with Gasteiger partial charge >= 0.3 is 39.5 Å². The van der Waals surface area contributed by atoms with Crippen molar-refractivity contribution in [1.82, 2.24) is 0 Å². The minimum Gasteiger partial charge on any atom is -0.462 e. The van der Waals surface area contributed by atoms with Crippen molar-refractivity contribution < 1.29 is 80.2 Å². The number of carbonyl (C=O) groups excluding carboxylic acids is 4. The van der Waals surface area contributed by atoms with Gasteiger partial charge in [0.15, 0.2) is 12.2 Å². The van der Waals surface area contributed by atoms with E-state index >= 15 is 0 Å².